The monoisotopic (exact) mass is 449 g/mol. The number of ether oxygens (including phenoxy) is 2. The van der Waals surface area contributed by atoms with Gasteiger partial charge in [0.1, 0.15) is 36.2 Å². The summed E-state index contributed by atoms with van der Waals surface area (Å²) in [6.45, 7) is 3.62. The first-order valence-electron chi connectivity index (χ1n) is 11.0. The van der Waals surface area contributed by atoms with Gasteiger partial charge in [0.05, 0.1) is 6.67 Å². The molecule has 0 aromatic heterocycles. The fourth-order valence-electron chi connectivity index (χ4n) is 3.80. The maximum Gasteiger partial charge on any atom is 0.127 e. The number of rotatable bonds is 6. The van der Waals surface area contributed by atoms with Crippen molar-refractivity contribution in [2.75, 3.05) is 39.5 Å². The van der Waals surface area contributed by atoms with Crippen LogP contribution in [0.25, 0.3) is 11.6 Å². The summed E-state index contributed by atoms with van der Waals surface area (Å²) in [5, 5.41) is 18.9. The molecule has 3 aromatic carbocycles. The third-order valence-electron chi connectivity index (χ3n) is 5.59. The molecule has 2 N–H and O–H groups in total. The van der Waals surface area contributed by atoms with Crippen LogP contribution < -0.4 is 9.47 Å². The minimum Gasteiger partial charge on any atom is -0.508 e. The summed E-state index contributed by atoms with van der Waals surface area (Å²) in [5.41, 5.74) is 2.74. The van der Waals surface area contributed by atoms with E-state index in [0.29, 0.717) is 13.2 Å². The molecule has 6 heteroatoms. The van der Waals surface area contributed by atoms with E-state index in [1.54, 1.807) is 36.4 Å². The predicted molar refractivity (Wildman–Crippen MR) is 127 cm³/mol. The molecule has 1 fully saturated rings. The van der Waals surface area contributed by atoms with Gasteiger partial charge in [-0.2, -0.15) is 0 Å². The van der Waals surface area contributed by atoms with Gasteiger partial charge in [-0.15, -0.1) is 0 Å². The summed E-state index contributed by atoms with van der Waals surface area (Å²) < 4.78 is 23.3. The molecule has 3 aromatic rings. The van der Waals surface area contributed by atoms with Crippen LogP contribution in [0.1, 0.15) is 11.1 Å². The molecule has 0 radical (unpaired) electrons. The first kappa shape index (κ1) is 22.7. The Hall–Kier alpha value is -3.51. The molecule has 2 aliphatic heterocycles. The minimum atomic E-state index is -0.184. The number of benzene rings is 3. The fourth-order valence-corrected chi connectivity index (χ4v) is 3.80. The topological polar surface area (TPSA) is 62.2 Å². The Morgan fingerprint density at radius 3 is 2.48 bits per heavy atom. The average molecular weight is 450 g/mol. The summed E-state index contributed by atoms with van der Waals surface area (Å²) >= 11 is 0. The first-order valence-corrected chi connectivity index (χ1v) is 11.0. The van der Waals surface area contributed by atoms with Gasteiger partial charge in [0.15, 0.2) is 0 Å². The number of halogens is 1. The van der Waals surface area contributed by atoms with Gasteiger partial charge in [0, 0.05) is 31.1 Å². The number of nitrogens with zero attached hydrogens (tertiary/aromatic N) is 1. The van der Waals surface area contributed by atoms with Gasteiger partial charge >= 0.3 is 0 Å². The van der Waals surface area contributed by atoms with Crippen molar-refractivity contribution in [2.45, 2.75) is 0 Å². The molecule has 172 valence electrons. The van der Waals surface area contributed by atoms with Crippen molar-refractivity contribution in [3.63, 3.8) is 0 Å². The van der Waals surface area contributed by atoms with Crippen molar-refractivity contribution in [1.29, 1.82) is 0 Å². The van der Waals surface area contributed by atoms with Crippen LogP contribution in [-0.4, -0.2) is 54.6 Å². The van der Waals surface area contributed by atoms with Gasteiger partial charge in [-0.05, 0) is 59.7 Å². The highest BCUT2D eigenvalue weighted by Gasteiger charge is 2.25. The van der Waals surface area contributed by atoms with Gasteiger partial charge in [-0.1, -0.05) is 30.3 Å². The van der Waals surface area contributed by atoms with Crippen LogP contribution in [0.2, 0.25) is 0 Å². The molecule has 1 saturated heterocycles. The summed E-state index contributed by atoms with van der Waals surface area (Å²) in [6, 6.07) is 21.8. The molecule has 2 heterocycles. The first-order chi connectivity index (χ1) is 16.1. The Balaban J connectivity index is 0.000000160. The Morgan fingerprint density at radius 1 is 0.939 bits per heavy atom. The molecule has 0 unspecified atom stereocenters. The van der Waals surface area contributed by atoms with Gasteiger partial charge in [0.2, 0.25) is 0 Å². The summed E-state index contributed by atoms with van der Waals surface area (Å²) in [6.07, 6.45) is 1.97. The SMILES string of the molecule is FCC1CN(CCOc2ccccc2)C1.Oc1cccc(C2=Cc3cc(O)ccc3OC2)c1. The van der Waals surface area contributed by atoms with Crippen molar-refractivity contribution in [3.05, 3.63) is 83.9 Å². The van der Waals surface area contributed by atoms with E-state index >= 15 is 0 Å². The van der Waals surface area contributed by atoms with Gasteiger partial charge < -0.3 is 19.7 Å². The molecule has 0 bridgehead atoms. The molecule has 5 nitrogen and oxygen atoms in total. The predicted octanol–water partition coefficient (Wildman–Crippen LogP) is 5.00. The number of likely N-dealkylation sites (tertiary alicyclic amines) is 1. The molecule has 0 aliphatic carbocycles. The second-order valence-electron chi connectivity index (χ2n) is 8.17. The third kappa shape index (κ3) is 6.26. The van der Waals surface area contributed by atoms with E-state index in [-0.39, 0.29) is 24.1 Å². The van der Waals surface area contributed by atoms with Crippen LogP contribution in [0.4, 0.5) is 4.39 Å². The van der Waals surface area contributed by atoms with E-state index < -0.39 is 0 Å². The Labute approximate surface area is 193 Å². The van der Waals surface area contributed by atoms with Crippen molar-refractivity contribution in [3.8, 4) is 23.0 Å². The Bertz CT molecular complexity index is 1080. The maximum absolute atomic E-state index is 12.1. The molecule has 0 saturated carbocycles. The van der Waals surface area contributed by atoms with Crippen molar-refractivity contribution in [2.24, 2.45) is 5.92 Å². The summed E-state index contributed by atoms with van der Waals surface area (Å²) in [4.78, 5) is 2.22. The second kappa shape index (κ2) is 10.9. The summed E-state index contributed by atoms with van der Waals surface area (Å²) in [7, 11) is 0. The van der Waals surface area contributed by atoms with E-state index in [9.17, 15) is 14.6 Å². The zero-order chi connectivity index (χ0) is 23.0. The van der Waals surface area contributed by atoms with E-state index in [2.05, 4.69) is 4.90 Å². The van der Waals surface area contributed by atoms with Crippen LogP contribution in [0, 0.1) is 5.92 Å². The number of phenolic OH excluding ortho intramolecular Hbond substituents is 2. The zero-order valence-electron chi connectivity index (χ0n) is 18.4. The normalized spacial score (nSPS) is 15.2. The van der Waals surface area contributed by atoms with Crippen LogP contribution in [-0.2, 0) is 0 Å². The molecule has 5 rings (SSSR count). The van der Waals surface area contributed by atoms with Crippen LogP contribution >= 0.6 is 0 Å². The smallest absolute Gasteiger partial charge is 0.127 e. The molecule has 0 amide bonds. The quantitative estimate of drug-likeness (QED) is 0.555. The van der Waals surface area contributed by atoms with Crippen molar-refractivity contribution < 1.29 is 24.1 Å². The molecular formula is C27H28FNO4. The maximum atomic E-state index is 12.1. The third-order valence-corrected chi connectivity index (χ3v) is 5.59. The lowest BCUT2D eigenvalue weighted by molar-refractivity contribution is 0.0668. The fraction of sp³-hybridized carbons (Fsp3) is 0.259. The zero-order valence-corrected chi connectivity index (χ0v) is 18.4. The van der Waals surface area contributed by atoms with E-state index in [1.165, 1.54) is 0 Å². The lowest BCUT2D eigenvalue weighted by Gasteiger charge is -2.37. The standard InChI is InChI=1S/C15H12O3.C12H16FNO/c16-13-3-1-2-10(7-13)12-6-11-8-14(17)4-5-15(11)18-9-12;13-8-11-9-14(10-11)6-7-15-12-4-2-1-3-5-12/h1-8,16-17H,9H2;1-5,11H,6-10H2. The van der Waals surface area contributed by atoms with Crippen molar-refractivity contribution in [1.82, 2.24) is 4.90 Å². The minimum absolute atomic E-state index is 0.184. The van der Waals surface area contributed by atoms with E-state index in [0.717, 1.165) is 47.8 Å². The number of alkyl halides is 1. The number of hydrogen-bond donors (Lipinski definition) is 2. The summed E-state index contributed by atoms with van der Waals surface area (Å²) in [5.74, 6) is 2.37. The molecular weight excluding hydrogens is 421 g/mol. The number of hydrogen-bond acceptors (Lipinski definition) is 5. The number of para-hydroxylation sites is 1. The lowest BCUT2D eigenvalue weighted by Crippen LogP contribution is -2.49. The Kier molecular flexibility index (Phi) is 7.47. The molecule has 0 spiro atoms. The van der Waals surface area contributed by atoms with Crippen molar-refractivity contribution >= 4 is 11.6 Å². The second-order valence-corrected chi connectivity index (χ2v) is 8.17. The number of phenols is 2. The van der Waals surface area contributed by atoms with Gasteiger partial charge in [-0.3, -0.25) is 9.29 Å². The van der Waals surface area contributed by atoms with Gasteiger partial charge in [0.25, 0.3) is 0 Å². The molecule has 2 aliphatic rings. The molecule has 33 heavy (non-hydrogen) atoms. The Morgan fingerprint density at radius 2 is 1.73 bits per heavy atom. The van der Waals surface area contributed by atoms with Gasteiger partial charge in [-0.25, -0.2) is 0 Å². The lowest BCUT2D eigenvalue weighted by atomic mass is 10.0. The van der Waals surface area contributed by atoms with E-state index in [1.807, 2.05) is 42.5 Å². The van der Waals surface area contributed by atoms with Crippen LogP contribution in [0.5, 0.6) is 23.0 Å². The average Bonchev–Trinajstić information content (AvgIpc) is 2.81. The number of aromatic hydroxyl groups is 2. The van der Waals surface area contributed by atoms with Crippen LogP contribution in [0.15, 0.2) is 72.8 Å². The van der Waals surface area contributed by atoms with Crippen LogP contribution in [0.3, 0.4) is 0 Å². The highest BCUT2D eigenvalue weighted by Crippen LogP contribution is 2.33. The largest absolute Gasteiger partial charge is 0.508 e. The molecule has 0 atom stereocenters. The number of fused-ring (bicyclic) bond motifs is 1. The highest BCUT2D eigenvalue weighted by molar-refractivity contribution is 5.86. The van der Waals surface area contributed by atoms with E-state index in [4.69, 9.17) is 9.47 Å². The highest BCUT2D eigenvalue weighted by atomic mass is 19.1.